The second-order valence-corrected chi connectivity index (χ2v) is 5.37. The van der Waals surface area contributed by atoms with Crippen molar-refractivity contribution >= 4 is 15.9 Å². The van der Waals surface area contributed by atoms with Gasteiger partial charge in [0, 0.05) is 11.4 Å². The highest BCUT2D eigenvalue weighted by Crippen LogP contribution is 2.26. The van der Waals surface area contributed by atoms with Crippen LogP contribution in [0.25, 0.3) is 0 Å². The molecule has 1 heterocycles. The minimum atomic E-state index is 0.570. The summed E-state index contributed by atoms with van der Waals surface area (Å²) in [6, 6.07) is 8.28. The number of halogens is 1. The van der Waals surface area contributed by atoms with E-state index in [-0.39, 0.29) is 0 Å². The van der Waals surface area contributed by atoms with E-state index in [1.807, 2.05) is 12.1 Å². The van der Waals surface area contributed by atoms with Crippen molar-refractivity contribution in [3.63, 3.8) is 0 Å². The summed E-state index contributed by atoms with van der Waals surface area (Å²) in [5, 5.41) is 0. The quantitative estimate of drug-likeness (QED) is 0.795. The van der Waals surface area contributed by atoms with Gasteiger partial charge in [-0.05, 0) is 36.5 Å². The van der Waals surface area contributed by atoms with Crippen LogP contribution in [-0.4, -0.2) is 25.2 Å². The third-order valence-electron chi connectivity index (χ3n) is 3.01. The van der Waals surface area contributed by atoms with Crippen LogP contribution in [0.2, 0.25) is 0 Å². The molecule has 2 unspecified atom stereocenters. The lowest BCUT2D eigenvalue weighted by molar-refractivity contribution is 0.0605. The number of benzene rings is 1. The van der Waals surface area contributed by atoms with E-state index >= 15 is 0 Å². The van der Waals surface area contributed by atoms with E-state index in [0.29, 0.717) is 10.7 Å². The molecule has 3 heteroatoms. The molecule has 0 N–H and O–H groups in total. The molecule has 0 aromatic heterocycles. The summed E-state index contributed by atoms with van der Waals surface area (Å²) >= 11 is 3.74. The molecule has 2 nitrogen and oxygen atoms in total. The summed E-state index contributed by atoms with van der Waals surface area (Å²) in [6.45, 7) is 1.73. The Balaban J connectivity index is 2.01. The number of alkyl halides is 1. The molecule has 0 radical (unpaired) electrons. The molecule has 1 saturated heterocycles. The maximum absolute atomic E-state index is 5.52. The second-order valence-electron chi connectivity index (χ2n) is 4.20. The first-order chi connectivity index (χ1) is 7.79. The number of hydrogen-bond acceptors (Lipinski definition) is 2. The topological polar surface area (TPSA) is 18.5 Å². The molecule has 1 fully saturated rings. The maximum atomic E-state index is 5.52. The summed E-state index contributed by atoms with van der Waals surface area (Å²) in [5.41, 5.74) is 1.32. The molecule has 88 valence electrons. The number of rotatable bonds is 3. The van der Waals surface area contributed by atoms with E-state index in [1.165, 1.54) is 5.56 Å². The van der Waals surface area contributed by atoms with E-state index < -0.39 is 0 Å². The Morgan fingerprint density at radius 2 is 2.38 bits per heavy atom. The highest BCUT2D eigenvalue weighted by molar-refractivity contribution is 9.09. The van der Waals surface area contributed by atoms with Gasteiger partial charge in [-0.25, -0.2) is 0 Å². The lowest BCUT2D eigenvalue weighted by atomic mass is 9.94. The van der Waals surface area contributed by atoms with E-state index in [1.54, 1.807) is 7.11 Å². The van der Waals surface area contributed by atoms with Crippen molar-refractivity contribution in [3.8, 4) is 5.75 Å². The normalized spacial score (nSPS) is 25.4. The van der Waals surface area contributed by atoms with Crippen LogP contribution < -0.4 is 4.74 Å². The van der Waals surface area contributed by atoms with Gasteiger partial charge in [0.2, 0.25) is 0 Å². The average Bonchev–Trinajstić information content (AvgIpc) is 2.32. The SMILES string of the molecule is COc1cccc(CC2COCCC2Br)c1. The van der Waals surface area contributed by atoms with Gasteiger partial charge in [0.25, 0.3) is 0 Å². The molecule has 16 heavy (non-hydrogen) atoms. The first-order valence-electron chi connectivity index (χ1n) is 5.64. The molecular weight excluding hydrogens is 268 g/mol. The Labute approximate surface area is 105 Å². The molecule has 0 saturated carbocycles. The van der Waals surface area contributed by atoms with Gasteiger partial charge in [0.15, 0.2) is 0 Å². The van der Waals surface area contributed by atoms with Crippen molar-refractivity contribution in [2.75, 3.05) is 20.3 Å². The molecule has 1 aromatic carbocycles. The van der Waals surface area contributed by atoms with Gasteiger partial charge < -0.3 is 9.47 Å². The molecule has 0 bridgehead atoms. The largest absolute Gasteiger partial charge is 0.497 e. The fourth-order valence-electron chi connectivity index (χ4n) is 2.06. The van der Waals surface area contributed by atoms with E-state index in [4.69, 9.17) is 9.47 Å². The predicted molar refractivity (Wildman–Crippen MR) is 68.3 cm³/mol. The molecular formula is C13H17BrO2. The molecule has 0 aliphatic carbocycles. The first-order valence-corrected chi connectivity index (χ1v) is 6.56. The van der Waals surface area contributed by atoms with Crippen LogP contribution in [0.3, 0.4) is 0 Å². The minimum absolute atomic E-state index is 0.570. The number of ether oxygens (including phenoxy) is 2. The lowest BCUT2D eigenvalue weighted by Gasteiger charge is -2.27. The van der Waals surface area contributed by atoms with Gasteiger partial charge in [0.05, 0.1) is 13.7 Å². The van der Waals surface area contributed by atoms with Crippen LogP contribution in [0.15, 0.2) is 24.3 Å². The molecule has 1 aliphatic heterocycles. The van der Waals surface area contributed by atoms with Crippen LogP contribution in [0.5, 0.6) is 5.75 Å². The van der Waals surface area contributed by atoms with E-state index in [0.717, 1.165) is 31.8 Å². The summed E-state index contributed by atoms with van der Waals surface area (Å²) in [6.07, 6.45) is 2.15. The molecule has 2 rings (SSSR count). The predicted octanol–water partition coefficient (Wildman–Crippen LogP) is 3.04. The van der Waals surface area contributed by atoms with Gasteiger partial charge in [0.1, 0.15) is 5.75 Å². The highest BCUT2D eigenvalue weighted by atomic mass is 79.9. The molecule has 0 spiro atoms. The molecule has 2 atom stereocenters. The third kappa shape index (κ3) is 2.98. The fourth-order valence-corrected chi connectivity index (χ4v) is 2.59. The van der Waals surface area contributed by atoms with Crippen molar-refractivity contribution in [2.45, 2.75) is 17.7 Å². The van der Waals surface area contributed by atoms with Crippen LogP contribution in [0.1, 0.15) is 12.0 Å². The van der Waals surface area contributed by atoms with Crippen molar-refractivity contribution in [1.82, 2.24) is 0 Å². The number of hydrogen-bond donors (Lipinski definition) is 0. The van der Waals surface area contributed by atoms with Crippen LogP contribution in [0.4, 0.5) is 0 Å². The van der Waals surface area contributed by atoms with E-state index in [2.05, 4.69) is 28.1 Å². The Kier molecular flexibility index (Phi) is 4.24. The zero-order chi connectivity index (χ0) is 11.4. The molecule has 1 aromatic rings. The molecule has 0 amide bonds. The fraction of sp³-hybridized carbons (Fsp3) is 0.538. The van der Waals surface area contributed by atoms with E-state index in [9.17, 15) is 0 Å². The van der Waals surface area contributed by atoms with Crippen LogP contribution in [0, 0.1) is 5.92 Å². The standard InChI is InChI=1S/C13H17BrO2/c1-15-12-4-2-3-10(8-12)7-11-9-16-6-5-13(11)14/h2-4,8,11,13H,5-7,9H2,1H3. The van der Waals surface area contributed by atoms with Crippen molar-refractivity contribution in [3.05, 3.63) is 29.8 Å². The van der Waals surface area contributed by atoms with Gasteiger partial charge >= 0.3 is 0 Å². The Hall–Kier alpha value is -0.540. The van der Waals surface area contributed by atoms with Crippen LogP contribution >= 0.6 is 15.9 Å². The van der Waals surface area contributed by atoms with Crippen LogP contribution in [-0.2, 0) is 11.2 Å². The first kappa shape index (κ1) is 11.9. The summed E-state index contributed by atoms with van der Waals surface area (Å²) in [5.74, 6) is 1.50. The Bertz CT molecular complexity index is 340. The van der Waals surface area contributed by atoms with Gasteiger partial charge in [-0.1, -0.05) is 28.1 Å². The zero-order valence-corrected chi connectivity index (χ0v) is 11.1. The van der Waals surface area contributed by atoms with Gasteiger partial charge in [-0.3, -0.25) is 0 Å². The highest BCUT2D eigenvalue weighted by Gasteiger charge is 2.23. The van der Waals surface area contributed by atoms with Gasteiger partial charge in [-0.2, -0.15) is 0 Å². The molecule has 1 aliphatic rings. The summed E-state index contributed by atoms with van der Waals surface area (Å²) in [7, 11) is 1.70. The Morgan fingerprint density at radius 1 is 1.50 bits per heavy atom. The smallest absolute Gasteiger partial charge is 0.119 e. The third-order valence-corrected chi connectivity index (χ3v) is 4.22. The zero-order valence-electron chi connectivity index (χ0n) is 9.49. The van der Waals surface area contributed by atoms with Crippen molar-refractivity contribution in [2.24, 2.45) is 5.92 Å². The number of methoxy groups -OCH3 is 1. The average molecular weight is 285 g/mol. The Morgan fingerprint density at radius 3 is 3.12 bits per heavy atom. The van der Waals surface area contributed by atoms with Gasteiger partial charge in [-0.15, -0.1) is 0 Å². The maximum Gasteiger partial charge on any atom is 0.119 e. The lowest BCUT2D eigenvalue weighted by Crippen LogP contribution is -2.29. The summed E-state index contributed by atoms with van der Waals surface area (Å²) < 4.78 is 10.7. The van der Waals surface area contributed by atoms with Crippen molar-refractivity contribution < 1.29 is 9.47 Å². The summed E-state index contributed by atoms with van der Waals surface area (Å²) in [4.78, 5) is 0.576. The minimum Gasteiger partial charge on any atom is -0.497 e. The monoisotopic (exact) mass is 284 g/mol. The van der Waals surface area contributed by atoms with Crippen molar-refractivity contribution in [1.29, 1.82) is 0 Å². The second kappa shape index (κ2) is 5.69.